The van der Waals surface area contributed by atoms with E-state index in [2.05, 4.69) is 41.0 Å². The monoisotopic (exact) mass is 416 g/mol. The predicted octanol–water partition coefficient (Wildman–Crippen LogP) is 2.39. The van der Waals surface area contributed by atoms with Gasteiger partial charge in [0.15, 0.2) is 0 Å². The number of hydrogen-bond acceptors (Lipinski definition) is 6. The van der Waals surface area contributed by atoms with Crippen molar-refractivity contribution in [3.63, 3.8) is 0 Å². The van der Waals surface area contributed by atoms with Gasteiger partial charge in [-0.05, 0) is 30.9 Å². The third-order valence-corrected chi connectivity index (χ3v) is 6.94. The number of anilines is 2. The van der Waals surface area contributed by atoms with Crippen molar-refractivity contribution in [2.45, 2.75) is 13.8 Å². The molecular formula is C21H28N4O3S. The van der Waals surface area contributed by atoms with Crippen LogP contribution in [0.5, 0.6) is 0 Å². The Hall–Kier alpha value is -2.19. The first kappa shape index (κ1) is 20.1. The van der Waals surface area contributed by atoms with Gasteiger partial charge in [0, 0.05) is 31.6 Å². The average Bonchev–Trinajstić information content (AvgIpc) is 2.74. The van der Waals surface area contributed by atoms with Crippen LogP contribution in [-0.2, 0) is 15.9 Å². The molecule has 1 amide bonds. The fourth-order valence-corrected chi connectivity index (χ4v) is 5.04. The SMILES string of the molecule is CCOC(=O)N1CCN(c2cc3c(C)cccc3c(N3CC[S+]([O-])CC3)n2)CC1. The van der Waals surface area contributed by atoms with Crippen molar-refractivity contribution in [2.24, 2.45) is 0 Å². The molecule has 0 aliphatic carbocycles. The molecule has 8 heteroatoms. The maximum absolute atomic E-state index is 12.0. The number of carbonyl (C=O) groups is 1. The fourth-order valence-electron chi connectivity index (χ4n) is 3.98. The zero-order valence-corrected chi connectivity index (χ0v) is 17.9. The number of amides is 1. The molecule has 0 bridgehead atoms. The first-order chi connectivity index (χ1) is 14.1. The topological polar surface area (TPSA) is 72.0 Å². The summed E-state index contributed by atoms with van der Waals surface area (Å²) in [6, 6.07) is 8.48. The Bertz CT molecular complexity index is 878. The molecule has 2 aliphatic rings. The summed E-state index contributed by atoms with van der Waals surface area (Å²) in [5.74, 6) is 3.30. The number of hydrogen-bond donors (Lipinski definition) is 0. The third kappa shape index (κ3) is 4.23. The van der Waals surface area contributed by atoms with Crippen LogP contribution < -0.4 is 9.80 Å². The van der Waals surface area contributed by atoms with Crippen molar-refractivity contribution in [3.8, 4) is 0 Å². The molecule has 2 aliphatic heterocycles. The number of carbonyl (C=O) groups excluding carboxylic acids is 1. The summed E-state index contributed by atoms with van der Waals surface area (Å²) in [6.07, 6.45) is -0.239. The fraction of sp³-hybridized carbons (Fsp3) is 0.524. The number of piperazine rings is 1. The van der Waals surface area contributed by atoms with Gasteiger partial charge in [-0.3, -0.25) is 0 Å². The Labute approximate surface area is 174 Å². The molecule has 7 nitrogen and oxygen atoms in total. The summed E-state index contributed by atoms with van der Waals surface area (Å²) in [7, 11) is 0. The number of nitrogens with zero attached hydrogens (tertiary/aromatic N) is 4. The lowest BCUT2D eigenvalue weighted by molar-refractivity contribution is 0.105. The smallest absolute Gasteiger partial charge is 0.409 e. The molecule has 3 heterocycles. The maximum atomic E-state index is 12.0. The number of ether oxygens (including phenoxy) is 1. The van der Waals surface area contributed by atoms with Gasteiger partial charge in [-0.25, -0.2) is 9.78 Å². The lowest BCUT2D eigenvalue weighted by atomic mass is 10.1. The highest BCUT2D eigenvalue weighted by Gasteiger charge is 2.26. The van der Waals surface area contributed by atoms with Crippen LogP contribution in [0, 0.1) is 6.92 Å². The van der Waals surface area contributed by atoms with Gasteiger partial charge in [-0.1, -0.05) is 29.4 Å². The van der Waals surface area contributed by atoms with E-state index in [1.807, 2.05) is 6.92 Å². The van der Waals surface area contributed by atoms with E-state index in [9.17, 15) is 9.35 Å². The number of benzene rings is 1. The van der Waals surface area contributed by atoms with Crippen molar-refractivity contribution in [3.05, 3.63) is 29.8 Å². The van der Waals surface area contributed by atoms with Crippen molar-refractivity contribution in [1.29, 1.82) is 0 Å². The van der Waals surface area contributed by atoms with Crippen molar-refractivity contribution < 1.29 is 14.1 Å². The predicted molar refractivity (Wildman–Crippen MR) is 117 cm³/mol. The highest BCUT2D eigenvalue weighted by atomic mass is 32.2. The Balaban J connectivity index is 1.62. The molecule has 0 N–H and O–H groups in total. The summed E-state index contributed by atoms with van der Waals surface area (Å²) in [5, 5.41) is 2.35. The van der Waals surface area contributed by atoms with Gasteiger partial charge < -0.3 is 24.0 Å². The summed E-state index contributed by atoms with van der Waals surface area (Å²) in [4.78, 5) is 23.3. The molecule has 29 heavy (non-hydrogen) atoms. The Kier molecular flexibility index (Phi) is 6.01. The quantitative estimate of drug-likeness (QED) is 0.716. The zero-order chi connectivity index (χ0) is 20.4. The van der Waals surface area contributed by atoms with Crippen molar-refractivity contribution >= 4 is 39.7 Å². The van der Waals surface area contributed by atoms with E-state index in [1.54, 1.807) is 4.90 Å². The molecule has 2 aromatic rings. The first-order valence-electron chi connectivity index (χ1n) is 10.2. The molecule has 1 aromatic carbocycles. The van der Waals surface area contributed by atoms with E-state index in [-0.39, 0.29) is 6.09 Å². The molecule has 4 rings (SSSR count). The number of fused-ring (bicyclic) bond motifs is 1. The molecule has 156 valence electrons. The zero-order valence-electron chi connectivity index (χ0n) is 17.1. The van der Waals surface area contributed by atoms with E-state index >= 15 is 0 Å². The van der Waals surface area contributed by atoms with E-state index < -0.39 is 11.2 Å². The molecular weight excluding hydrogens is 388 g/mol. The lowest BCUT2D eigenvalue weighted by Gasteiger charge is -2.36. The number of rotatable bonds is 3. The second-order valence-corrected chi connectivity index (χ2v) is 9.18. The normalized spacial score (nSPS) is 18.4. The molecule has 2 fully saturated rings. The number of aryl methyl sites for hydroxylation is 1. The van der Waals surface area contributed by atoms with Crippen LogP contribution in [0.1, 0.15) is 12.5 Å². The summed E-state index contributed by atoms with van der Waals surface area (Å²) in [5.41, 5.74) is 1.22. The molecule has 0 atom stereocenters. The maximum Gasteiger partial charge on any atom is 0.409 e. The molecule has 0 saturated carbocycles. The van der Waals surface area contributed by atoms with Gasteiger partial charge >= 0.3 is 6.09 Å². The third-order valence-electron chi connectivity index (χ3n) is 5.67. The Morgan fingerprint density at radius 3 is 2.52 bits per heavy atom. The lowest BCUT2D eigenvalue weighted by Crippen LogP contribution is -2.49. The van der Waals surface area contributed by atoms with E-state index in [0.29, 0.717) is 31.2 Å². The Morgan fingerprint density at radius 2 is 1.83 bits per heavy atom. The van der Waals surface area contributed by atoms with Gasteiger partial charge in [-0.2, -0.15) is 0 Å². The minimum absolute atomic E-state index is 0.239. The molecule has 1 aromatic heterocycles. The molecule has 0 spiro atoms. The second-order valence-electron chi connectivity index (χ2n) is 7.48. The van der Waals surface area contributed by atoms with Gasteiger partial charge in [0.25, 0.3) is 0 Å². The van der Waals surface area contributed by atoms with Crippen LogP contribution in [-0.4, -0.2) is 77.9 Å². The van der Waals surface area contributed by atoms with Crippen molar-refractivity contribution in [1.82, 2.24) is 9.88 Å². The van der Waals surface area contributed by atoms with Gasteiger partial charge in [0.2, 0.25) is 0 Å². The van der Waals surface area contributed by atoms with E-state index in [0.717, 1.165) is 43.2 Å². The number of aromatic nitrogens is 1. The largest absolute Gasteiger partial charge is 0.616 e. The number of pyridine rings is 1. The Morgan fingerprint density at radius 1 is 1.10 bits per heavy atom. The van der Waals surface area contributed by atoms with Crippen LogP contribution in [0.4, 0.5) is 16.4 Å². The van der Waals surface area contributed by atoms with Crippen LogP contribution in [0.3, 0.4) is 0 Å². The summed E-state index contributed by atoms with van der Waals surface area (Å²) in [6.45, 7) is 8.60. The molecule has 0 radical (unpaired) electrons. The van der Waals surface area contributed by atoms with Crippen molar-refractivity contribution in [2.75, 3.05) is 67.2 Å². The van der Waals surface area contributed by atoms with E-state index in [1.165, 1.54) is 10.9 Å². The molecule has 2 saturated heterocycles. The standard InChI is InChI=1S/C21H28N4O3S/c1-3-28-21(26)25-9-7-23(8-10-25)19-15-18-16(2)5-4-6-17(18)20(22-19)24-11-13-29(27)14-12-24/h4-6,15H,3,7-14H2,1-2H3. The summed E-state index contributed by atoms with van der Waals surface area (Å²) < 4.78 is 16.9. The first-order valence-corrected chi connectivity index (χ1v) is 11.7. The minimum atomic E-state index is -0.722. The van der Waals surface area contributed by atoms with Crippen LogP contribution in [0.15, 0.2) is 24.3 Å². The molecule has 0 unspecified atom stereocenters. The minimum Gasteiger partial charge on any atom is -0.616 e. The summed E-state index contributed by atoms with van der Waals surface area (Å²) >= 11 is -0.722. The van der Waals surface area contributed by atoms with E-state index in [4.69, 9.17) is 9.72 Å². The second kappa shape index (κ2) is 8.67. The van der Waals surface area contributed by atoms with Gasteiger partial charge in [0.1, 0.15) is 23.1 Å². The van der Waals surface area contributed by atoms with Crippen LogP contribution in [0.2, 0.25) is 0 Å². The van der Waals surface area contributed by atoms with Gasteiger partial charge in [-0.15, -0.1) is 0 Å². The van der Waals surface area contributed by atoms with Gasteiger partial charge in [0.05, 0.1) is 19.7 Å². The van der Waals surface area contributed by atoms with Crippen LogP contribution >= 0.6 is 0 Å². The average molecular weight is 417 g/mol. The van der Waals surface area contributed by atoms with Crippen LogP contribution in [0.25, 0.3) is 10.8 Å². The highest BCUT2D eigenvalue weighted by Crippen LogP contribution is 2.32. The highest BCUT2D eigenvalue weighted by molar-refractivity contribution is 7.91.